The normalized spacial score (nSPS) is 11.5. The van der Waals surface area contributed by atoms with E-state index >= 15 is 0 Å². The third kappa shape index (κ3) is 6.65. The first kappa shape index (κ1) is 12.5. The Morgan fingerprint density at radius 2 is 1.85 bits per heavy atom. The van der Waals surface area contributed by atoms with Crippen LogP contribution in [-0.2, 0) is 17.1 Å². The van der Waals surface area contributed by atoms with Crippen LogP contribution in [0.1, 0.15) is 6.42 Å². The summed E-state index contributed by atoms with van der Waals surface area (Å²) in [6.07, 6.45) is 10.0. The Balaban J connectivity index is 0.000000215. The summed E-state index contributed by atoms with van der Waals surface area (Å²) in [6.45, 7) is 0. The predicted molar refractivity (Wildman–Crippen MR) is 53.0 cm³/mol. The first-order valence-electron chi connectivity index (χ1n) is 3.82. The molecule has 0 spiro atoms. The van der Waals surface area contributed by atoms with Crippen molar-refractivity contribution >= 4 is 11.6 Å². The van der Waals surface area contributed by atoms with E-state index in [1.807, 2.05) is 42.5 Å². The Labute approximate surface area is 94.8 Å². The first-order valence-corrected chi connectivity index (χ1v) is 4.19. The van der Waals surface area contributed by atoms with Crippen LogP contribution in [0.25, 0.3) is 0 Å². The van der Waals surface area contributed by atoms with E-state index in [1.165, 1.54) is 0 Å². The summed E-state index contributed by atoms with van der Waals surface area (Å²) in [5.74, 6) is 0. The van der Waals surface area contributed by atoms with Crippen molar-refractivity contribution in [1.29, 1.82) is 0 Å². The molecule has 13 heavy (non-hydrogen) atoms. The molecule has 0 fully saturated rings. The van der Waals surface area contributed by atoms with Crippen LogP contribution in [0.15, 0.2) is 48.6 Å². The standard InChI is InChI=1S/C6H5Cl.C5H5.Fe/c7-6-4-2-1-3-5-6;1-2-4-5-3-1;/h1-5H;1-3H,4H2;/q;-1;. The van der Waals surface area contributed by atoms with Gasteiger partial charge in [0.25, 0.3) is 0 Å². The van der Waals surface area contributed by atoms with Gasteiger partial charge in [-0.25, -0.2) is 12.2 Å². The molecule has 0 saturated heterocycles. The van der Waals surface area contributed by atoms with Gasteiger partial charge in [-0.2, -0.15) is 6.08 Å². The Bertz CT molecular complexity index is 255. The van der Waals surface area contributed by atoms with E-state index in [0.29, 0.717) is 0 Å². The van der Waals surface area contributed by atoms with Crippen molar-refractivity contribution in [3.05, 3.63) is 59.7 Å². The van der Waals surface area contributed by atoms with Crippen molar-refractivity contribution in [2.75, 3.05) is 0 Å². The number of allylic oxidation sites excluding steroid dienone is 4. The summed E-state index contributed by atoms with van der Waals surface area (Å²) in [5.41, 5.74) is 0. The molecule has 0 heterocycles. The van der Waals surface area contributed by atoms with Crippen LogP contribution in [0.4, 0.5) is 0 Å². The minimum absolute atomic E-state index is 0. The fraction of sp³-hybridized carbons (Fsp3) is 0.0909. The van der Waals surface area contributed by atoms with Crippen LogP contribution < -0.4 is 0 Å². The Hall–Kier alpha value is -0.491. The third-order valence-electron chi connectivity index (χ3n) is 1.32. The minimum Gasteiger partial charge on any atom is -0.273 e. The van der Waals surface area contributed by atoms with Crippen LogP contribution in [0, 0.1) is 6.08 Å². The summed E-state index contributed by atoms with van der Waals surface area (Å²) >= 11 is 5.54. The van der Waals surface area contributed by atoms with Gasteiger partial charge in [0.2, 0.25) is 0 Å². The van der Waals surface area contributed by atoms with Crippen molar-refractivity contribution in [3.63, 3.8) is 0 Å². The van der Waals surface area contributed by atoms with Crippen LogP contribution in [0.3, 0.4) is 0 Å². The Kier molecular flexibility index (Phi) is 7.82. The molecular weight excluding hydrogens is 223 g/mol. The molecule has 0 aliphatic heterocycles. The van der Waals surface area contributed by atoms with Gasteiger partial charge in [-0.15, -0.1) is 6.42 Å². The van der Waals surface area contributed by atoms with E-state index in [0.717, 1.165) is 11.4 Å². The number of benzene rings is 1. The topological polar surface area (TPSA) is 0 Å². The van der Waals surface area contributed by atoms with Crippen LogP contribution >= 0.6 is 11.6 Å². The molecule has 0 atom stereocenters. The molecule has 0 amide bonds. The summed E-state index contributed by atoms with van der Waals surface area (Å²) in [5, 5.41) is 0.794. The molecule has 2 rings (SSSR count). The van der Waals surface area contributed by atoms with Gasteiger partial charge < -0.3 is 0 Å². The van der Waals surface area contributed by atoms with Crippen molar-refractivity contribution in [2.45, 2.75) is 6.42 Å². The molecule has 0 N–H and O–H groups in total. The average Bonchev–Trinajstić information content (AvgIpc) is 2.62. The third-order valence-corrected chi connectivity index (χ3v) is 1.57. The van der Waals surface area contributed by atoms with Crippen LogP contribution in [-0.4, -0.2) is 0 Å². The van der Waals surface area contributed by atoms with Gasteiger partial charge in [-0.3, -0.25) is 6.08 Å². The van der Waals surface area contributed by atoms with Gasteiger partial charge in [-0.05, 0) is 12.1 Å². The molecule has 0 unspecified atom stereocenters. The number of rotatable bonds is 0. The Morgan fingerprint density at radius 1 is 1.15 bits per heavy atom. The zero-order valence-electron chi connectivity index (χ0n) is 7.06. The maximum absolute atomic E-state index is 5.54. The van der Waals surface area contributed by atoms with E-state index in [9.17, 15) is 0 Å². The molecule has 0 aromatic heterocycles. The van der Waals surface area contributed by atoms with E-state index in [1.54, 1.807) is 0 Å². The molecule has 0 saturated carbocycles. The molecule has 1 aromatic carbocycles. The molecular formula is C11H10ClFe-. The van der Waals surface area contributed by atoms with Crippen LogP contribution in [0.2, 0.25) is 5.02 Å². The largest absolute Gasteiger partial charge is 0.273 e. The van der Waals surface area contributed by atoms with E-state index in [-0.39, 0.29) is 17.1 Å². The van der Waals surface area contributed by atoms with Crippen LogP contribution in [0.5, 0.6) is 0 Å². The second-order valence-electron chi connectivity index (χ2n) is 2.30. The SMILES string of the molecule is Clc1ccccc1.[C-]1=CC=CC1.[Fe]. The van der Waals surface area contributed by atoms with E-state index in [2.05, 4.69) is 12.2 Å². The van der Waals surface area contributed by atoms with E-state index < -0.39 is 0 Å². The number of halogens is 1. The number of hydrogen-bond donors (Lipinski definition) is 0. The molecule has 1 aliphatic rings. The summed E-state index contributed by atoms with van der Waals surface area (Å²) in [4.78, 5) is 0. The quantitative estimate of drug-likeness (QED) is 0.474. The summed E-state index contributed by atoms with van der Waals surface area (Å²) in [7, 11) is 0. The zero-order valence-corrected chi connectivity index (χ0v) is 8.92. The van der Waals surface area contributed by atoms with Gasteiger partial charge in [0.15, 0.2) is 0 Å². The summed E-state index contributed by atoms with van der Waals surface area (Å²) in [6, 6.07) is 9.44. The average molecular weight is 233 g/mol. The molecule has 1 aromatic rings. The molecule has 0 radical (unpaired) electrons. The minimum atomic E-state index is 0. The zero-order chi connectivity index (χ0) is 8.65. The maximum Gasteiger partial charge on any atom is 0.0405 e. The second-order valence-corrected chi connectivity index (χ2v) is 2.74. The fourth-order valence-corrected chi connectivity index (χ4v) is 0.900. The van der Waals surface area contributed by atoms with Gasteiger partial charge in [0.05, 0.1) is 0 Å². The van der Waals surface area contributed by atoms with Gasteiger partial charge in [0, 0.05) is 22.1 Å². The molecule has 70 valence electrons. The predicted octanol–water partition coefficient (Wildman–Crippen LogP) is 3.64. The van der Waals surface area contributed by atoms with Crippen molar-refractivity contribution in [1.82, 2.24) is 0 Å². The van der Waals surface area contributed by atoms with Crippen molar-refractivity contribution < 1.29 is 17.1 Å². The van der Waals surface area contributed by atoms with Gasteiger partial charge in [0.1, 0.15) is 0 Å². The van der Waals surface area contributed by atoms with Gasteiger partial charge in [-0.1, -0.05) is 29.8 Å². The Morgan fingerprint density at radius 3 is 2.08 bits per heavy atom. The fourth-order valence-electron chi connectivity index (χ4n) is 0.755. The maximum atomic E-state index is 5.54. The monoisotopic (exact) mass is 233 g/mol. The van der Waals surface area contributed by atoms with Gasteiger partial charge >= 0.3 is 0 Å². The number of hydrogen-bond acceptors (Lipinski definition) is 0. The molecule has 1 aliphatic carbocycles. The molecule has 0 nitrogen and oxygen atoms in total. The smallest absolute Gasteiger partial charge is 0.0405 e. The second kappa shape index (κ2) is 8.12. The molecule has 2 heteroatoms. The first-order chi connectivity index (χ1) is 5.89. The summed E-state index contributed by atoms with van der Waals surface area (Å²) < 4.78 is 0. The van der Waals surface area contributed by atoms with Crippen molar-refractivity contribution in [3.8, 4) is 0 Å². The van der Waals surface area contributed by atoms with E-state index in [4.69, 9.17) is 11.6 Å². The molecule has 0 bridgehead atoms. The van der Waals surface area contributed by atoms with Crippen molar-refractivity contribution in [2.24, 2.45) is 0 Å².